The van der Waals surface area contributed by atoms with E-state index in [4.69, 9.17) is 11.6 Å². The average molecular weight is 285 g/mol. The maximum atomic E-state index is 13.9. The van der Waals surface area contributed by atoms with Crippen molar-refractivity contribution in [2.45, 2.75) is 38.8 Å². The summed E-state index contributed by atoms with van der Waals surface area (Å²) in [4.78, 5) is 2.33. The molecule has 0 bridgehead atoms. The van der Waals surface area contributed by atoms with Crippen molar-refractivity contribution in [3.05, 3.63) is 34.6 Å². The smallest absolute Gasteiger partial charge is 0.129 e. The van der Waals surface area contributed by atoms with E-state index < -0.39 is 0 Å². The van der Waals surface area contributed by atoms with Crippen molar-refractivity contribution in [3.8, 4) is 0 Å². The van der Waals surface area contributed by atoms with Crippen LogP contribution in [0.2, 0.25) is 5.02 Å². The molecule has 1 aliphatic rings. The van der Waals surface area contributed by atoms with Crippen LogP contribution in [-0.2, 0) is 6.54 Å². The van der Waals surface area contributed by atoms with Crippen LogP contribution in [-0.4, -0.2) is 30.1 Å². The number of hydrogen-bond acceptors (Lipinski definition) is 2. The summed E-state index contributed by atoms with van der Waals surface area (Å²) in [5.41, 5.74) is 0.851. The lowest BCUT2D eigenvalue weighted by Crippen LogP contribution is -2.48. The molecular weight excluding hydrogens is 263 g/mol. The Morgan fingerprint density at radius 3 is 2.95 bits per heavy atom. The molecule has 1 aliphatic heterocycles. The van der Waals surface area contributed by atoms with E-state index >= 15 is 0 Å². The Kier molecular flexibility index (Phi) is 4.82. The fraction of sp³-hybridized carbons (Fsp3) is 0.600. The third-order valence-corrected chi connectivity index (χ3v) is 4.20. The predicted octanol–water partition coefficient (Wildman–Crippen LogP) is 3.44. The predicted molar refractivity (Wildman–Crippen MR) is 78.0 cm³/mol. The molecule has 1 aromatic rings. The second-order valence-electron chi connectivity index (χ2n) is 5.64. The molecule has 1 heterocycles. The molecule has 0 aliphatic carbocycles. The van der Waals surface area contributed by atoms with Gasteiger partial charge in [-0.3, -0.25) is 4.90 Å². The van der Waals surface area contributed by atoms with Gasteiger partial charge in [-0.2, -0.15) is 0 Å². The molecule has 106 valence electrons. The molecule has 0 amide bonds. The number of hydrogen-bond donors (Lipinski definition) is 1. The van der Waals surface area contributed by atoms with Crippen molar-refractivity contribution in [1.82, 2.24) is 10.2 Å². The van der Waals surface area contributed by atoms with Gasteiger partial charge in [-0.25, -0.2) is 4.39 Å². The highest BCUT2D eigenvalue weighted by Gasteiger charge is 2.27. The van der Waals surface area contributed by atoms with E-state index in [9.17, 15) is 4.39 Å². The van der Waals surface area contributed by atoms with Crippen molar-refractivity contribution in [3.63, 3.8) is 0 Å². The Labute approximate surface area is 119 Å². The van der Waals surface area contributed by atoms with Gasteiger partial charge in [0, 0.05) is 29.2 Å². The Morgan fingerprint density at radius 2 is 2.26 bits per heavy atom. The third kappa shape index (κ3) is 3.91. The molecule has 1 saturated heterocycles. The second kappa shape index (κ2) is 6.21. The van der Waals surface area contributed by atoms with E-state index in [2.05, 4.69) is 24.1 Å². The molecule has 4 heteroatoms. The summed E-state index contributed by atoms with van der Waals surface area (Å²) in [5, 5.41) is 4.05. The standard InChI is InChI=1S/C15H22ClFN2/c1-3-15(2)11-19(8-4-7-18-15)10-12-5-6-13(16)9-14(12)17/h5-6,9,18H,3-4,7-8,10-11H2,1-2H3. The van der Waals surface area contributed by atoms with E-state index in [0.717, 1.165) is 38.0 Å². The molecular formula is C15H22ClFN2. The molecule has 0 spiro atoms. The van der Waals surface area contributed by atoms with Crippen LogP contribution in [0.1, 0.15) is 32.3 Å². The highest BCUT2D eigenvalue weighted by Crippen LogP contribution is 2.20. The van der Waals surface area contributed by atoms with Gasteiger partial charge in [0.2, 0.25) is 0 Å². The summed E-state index contributed by atoms with van der Waals surface area (Å²) in [6.07, 6.45) is 2.18. The van der Waals surface area contributed by atoms with Crippen molar-refractivity contribution in [2.24, 2.45) is 0 Å². The minimum Gasteiger partial charge on any atom is -0.310 e. The van der Waals surface area contributed by atoms with Crippen LogP contribution in [0.3, 0.4) is 0 Å². The number of halogens is 2. The monoisotopic (exact) mass is 284 g/mol. The first-order valence-electron chi connectivity index (χ1n) is 6.94. The minimum atomic E-state index is -0.206. The van der Waals surface area contributed by atoms with Crippen molar-refractivity contribution in [2.75, 3.05) is 19.6 Å². The van der Waals surface area contributed by atoms with Gasteiger partial charge in [0.25, 0.3) is 0 Å². The largest absolute Gasteiger partial charge is 0.310 e. The molecule has 2 nitrogen and oxygen atoms in total. The van der Waals surface area contributed by atoms with E-state index in [1.807, 2.05) is 0 Å². The summed E-state index contributed by atoms with van der Waals surface area (Å²) in [6.45, 7) is 8.07. The normalized spacial score (nSPS) is 25.3. The van der Waals surface area contributed by atoms with Gasteiger partial charge in [-0.1, -0.05) is 24.6 Å². The van der Waals surface area contributed by atoms with Gasteiger partial charge in [0.05, 0.1) is 0 Å². The first kappa shape index (κ1) is 14.8. The number of rotatable bonds is 3. The van der Waals surface area contributed by atoms with E-state index in [1.54, 1.807) is 12.1 Å². The summed E-state index contributed by atoms with van der Waals surface area (Å²) in [7, 11) is 0. The highest BCUT2D eigenvalue weighted by molar-refractivity contribution is 6.30. The number of nitrogens with one attached hydrogen (secondary N) is 1. The van der Waals surface area contributed by atoms with E-state index in [1.165, 1.54) is 6.07 Å². The van der Waals surface area contributed by atoms with Crippen LogP contribution in [0.5, 0.6) is 0 Å². The number of benzene rings is 1. The fourth-order valence-electron chi connectivity index (χ4n) is 2.58. The van der Waals surface area contributed by atoms with Crippen LogP contribution >= 0.6 is 11.6 Å². The molecule has 2 rings (SSSR count). The summed E-state index contributed by atoms with van der Waals surface area (Å²) in [5.74, 6) is -0.206. The van der Waals surface area contributed by atoms with Crippen LogP contribution in [0, 0.1) is 5.82 Å². The minimum absolute atomic E-state index is 0.124. The molecule has 0 saturated carbocycles. The Balaban J connectivity index is 2.08. The van der Waals surface area contributed by atoms with Crippen LogP contribution in [0.4, 0.5) is 4.39 Å². The zero-order chi connectivity index (χ0) is 13.9. The van der Waals surface area contributed by atoms with Gasteiger partial charge >= 0.3 is 0 Å². The van der Waals surface area contributed by atoms with Crippen molar-refractivity contribution < 1.29 is 4.39 Å². The fourth-order valence-corrected chi connectivity index (χ4v) is 2.74. The summed E-state index contributed by atoms with van der Waals surface area (Å²) >= 11 is 5.79. The quantitative estimate of drug-likeness (QED) is 0.915. The first-order chi connectivity index (χ1) is 9.02. The second-order valence-corrected chi connectivity index (χ2v) is 6.08. The Hall–Kier alpha value is -0.640. The molecule has 1 N–H and O–H groups in total. The number of nitrogens with zero attached hydrogens (tertiary/aromatic N) is 1. The van der Waals surface area contributed by atoms with Gasteiger partial charge in [0.15, 0.2) is 0 Å². The van der Waals surface area contributed by atoms with Gasteiger partial charge in [-0.15, -0.1) is 0 Å². The van der Waals surface area contributed by atoms with Gasteiger partial charge in [0.1, 0.15) is 5.82 Å². The lowest BCUT2D eigenvalue weighted by atomic mass is 9.98. The first-order valence-corrected chi connectivity index (χ1v) is 7.31. The molecule has 19 heavy (non-hydrogen) atoms. The summed E-state index contributed by atoms with van der Waals surface area (Å²) < 4.78 is 13.9. The van der Waals surface area contributed by atoms with Crippen molar-refractivity contribution >= 4 is 11.6 Å². The average Bonchev–Trinajstić information content (AvgIpc) is 2.55. The van der Waals surface area contributed by atoms with Gasteiger partial charge < -0.3 is 5.32 Å². The van der Waals surface area contributed by atoms with Gasteiger partial charge in [-0.05, 0) is 45.0 Å². The van der Waals surface area contributed by atoms with E-state index in [-0.39, 0.29) is 11.4 Å². The topological polar surface area (TPSA) is 15.3 Å². The Morgan fingerprint density at radius 1 is 1.47 bits per heavy atom. The highest BCUT2D eigenvalue weighted by atomic mass is 35.5. The molecule has 1 atom stereocenters. The molecule has 1 fully saturated rings. The SMILES string of the molecule is CCC1(C)CN(Cc2ccc(Cl)cc2F)CCCN1. The zero-order valence-corrected chi connectivity index (χ0v) is 12.4. The lowest BCUT2D eigenvalue weighted by molar-refractivity contribution is 0.206. The van der Waals surface area contributed by atoms with Crippen LogP contribution in [0.25, 0.3) is 0 Å². The Bertz CT molecular complexity index is 438. The zero-order valence-electron chi connectivity index (χ0n) is 11.7. The molecule has 1 aromatic carbocycles. The summed E-state index contributed by atoms with van der Waals surface area (Å²) in [6, 6.07) is 4.94. The van der Waals surface area contributed by atoms with E-state index in [0.29, 0.717) is 11.6 Å². The maximum Gasteiger partial charge on any atom is 0.129 e. The van der Waals surface area contributed by atoms with Crippen LogP contribution in [0.15, 0.2) is 18.2 Å². The molecule has 1 unspecified atom stereocenters. The van der Waals surface area contributed by atoms with Crippen LogP contribution < -0.4 is 5.32 Å². The molecule has 0 aromatic heterocycles. The third-order valence-electron chi connectivity index (χ3n) is 3.96. The maximum absolute atomic E-state index is 13.9. The van der Waals surface area contributed by atoms with Crippen molar-refractivity contribution in [1.29, 1.82) is 0 Å². The lowest BCUT2D eigenvalue weighted by Gasteiger charge is -2.32. The molecule has 0 radical (unpaired) electrons.